The van der Waals surface area contributed by atoms with E-state index in [0.29, 0.717) is 23.8 Å². The molecule has 0 aliphatic carbocycles. The van der Waals surface area contributed by atoms with Gasteiger partial charge < -0.3 is 14.7 Å². The summed E-state index contributed by atoms with van der Waals surface area (Å²) in [6.45, 7) is 2.76. The number of benzene rings is 1. The first-order chi connectivity index (χ1) is 10.1. The Bertz CT molecular complexity index is 503. The van der Waals surface area contributed by atoms with Gasteiger partial charge in [-0.05, 0) is 30.7 Å². The zero-order valence-electron chi connectivity index (χ0n) is 11.9. The summed E-state index contributed by atoms with van der Waals surface area (Å²) in [5, 5.41) is 9.12. The fourth-order valence-electron chi connectivity index (χ4n) is 2.04. The van der Waals surface area contributed by atoms with Crippen molar-refractivity contribution >= 4 is 23.6 Å². The number of amides is 1. The molecular formula is C15H19NO4S. The van der Waals surface area contributed by atoms with Gasteiger partial charge >= 0.3 is 5.97 Å². The van der Waals surface area contributed by atoms with Crippen molar-refractivity contribution in [3.8, 4) is 5.75 Å². The Morgan fingerprint density at radius 3 is 2.71 bits per heavy atom. The number of carbonyl (C=O) groups excluding carboxylic acids is 1. The normalized spacial score (nSPS) is 17.8. The highest BCUT2D eigenvalue weighted by Crippen LogP contribution is 2.24. The van der Waals surface area contributed by atoms with Gasteiger partial charge in [0.1, 0.15) is 11.8 Å². The molecule has 0 aromatic heterocycles. The molecule has 1 amide bonds. The van der Waals surface area contributed by atoms with Crippen LogP contribution in [0.25, 0.3) is 0 Å². The molecule has 1 N–H and O–H groups in total. The molecule has 1 fully saturated rings. The van der Waals surface area contributed by atoms with Gasteiger partial charge in [-0.25, -0.2) is 4.79 Å². The fourth-order valence-corrected chi connectivity index (χ4v) is 3.19. The van der Waals surface area contributed by atoms with Crippen LogP contribution >= 0.6 is 11.8 Å². The van der Waals surface area contributed by atoms with Crippen LogP contribution < -0.4 is 4.74 Å². The van der Waals surface area contributed by atoms with Gasteiger partial charge in [-0.1, -0.05) is 13.3 Å². The van der Waals surface area contributed by atoms with Crippen LogP contribution in [0.5, 0.6) is 5.75 Å². The summed E-state index contributed by atoms with van der Waals surface area (Å²) >= 11 is 1.46. The Morgan fingerprint density at radius 1 is 1.38 bits per heavy atom. The number of thioether (sulfide) groups is 1. The highest BCUT2D eigenvalue weighted by atomic mass is 32.2. The monoisotopic (exact) mass is 309 g/mol. The minimum atomic E-state index is -0.951. The summed E-state index contributed by atoms with van der Waals surface area (Å²) in [6.07, 6.45) is 2.06. The highest BCUT2D eigenvalue weighted by Gasteiger charge is 2.34. The first-order valence-corrected chi connectivity index (χ1v) is 8.13. The average molecular weight is 309 g/mol. The number of carboxylic acid groups (broad SMARTS) is 1. The molecule has 0 saturated carbocycles. The van der Waals surface area contributed by atoms with Crippen LogP contribution in [-0.2, 0) is 4.79 Å². The van der Waals surface area contributed by atoms with E-state index in [4.69, 9.17) is 9.84 Å². The van der Waals surface area contributed by atoms with Gasteiger partial charge in [-0.15, -0.1) is 11.8 Å². The van der Waals surface area contributed by atoms with Crippen LogP contribution in [0, 0.1) is 0 Å². The number of nitrogens with zero attached hydrogens (tertiary/aromatic N) is 1. The van der Waals surface area contributed by atoms with Crippen molar-refractivity contribution in [1.29, 1.82) is 0 Å². The van der Waals surface area contributed by atoms with E-state index >= 15 is 0 Å². The SMILES string of the molecule is CCCCOc1ccc(C(=O)N2CSCC2C(=O)O)cc1. The van der Waals surface area contributed by atoms with E-state index in [1.807, 2.05) is 0 Å². The third-order valence-corrected chi connectivity index (χ3v) is 4.31. The number of hydrogen-bond acceptors (Lipinski definition) is 4. The molecule has 1 aromatic rings. The second-order valence-electron chi connectivity index (χ2n) is 4.86. The van der Waals surface area contributed by atoms with Crippen LogP contribution in [0.3, 0.4) is 0 Å². The van der Waals surface area contributed by atoms with Gasteiger partial charge in [0.25, 0.3) is 5.91 Å². The Hall–Kier alpha value is -1.69. The van der Waals surface area contributed by atoms with Crippen molar-refractivity contribution < 1.29 is 19.4 Å². The maximum Gasteiger partial charge on any atom is 0.327 e. The second-order valence-corrected chi connectivity index (χ2v) is 5.86. The molecule has 21 heavy (non-hydrogen) atoms. The molecule has 0 radical (unpaired) electrons. The molecule has 1 atom stereocenters. The van der Waals surface area contributed by atoms with Gasteiger partial charge in [-0.3, -0.25) is 4.79 Å². The maximum atomic E-state index is 12.3. The lowest BCUT2D eigenvalue weighted by Gasteiger charge is -2.20. The van der Waals surface area contributed by atoms with Crippen LogP contribution in [0.1, 0.15) is 30.1 Å². The molecule has 1 heterocycles. The average Bonchev–Trinajstić information content (AvgIpc) is 2.97. The third kappa shape index (κ3) is 3.91. The molecule has 1 aliphatic rings. The molecule has 0 spiro atoms. The van der Waals surface area contributed by atoms with Gasteiger partial charge in [0.05, 0.1) is 12.5 Å². The minimum absolute atomic E-state index is 0.243. The zero-order valence-corrected chi connectivity index (χ0v) is 12.8. The predicted molar refractivity (Wildman–Crippen MR) is 81.8 cm³/mol. The van der Waals surface area contributed by atoms with Crippen LogP contribution in [-0.4, -0.2) is 46.2 Å². The summed E-state index contributed by atoms with van der Waals surface area (Å²) in [4.78, 5) is 24.9. The van der Waals surface area contributed by atoms with Gasteiger partial charge in [0, 0.05) is 11.3 Å². The zero-order chi connectivity index (χ0) is 15.2. The fraction of sp³-hybridized carbons (Fsp3) is 0.467. The number of ether oxygens (including phenoxy) is 1. The Kier molecular flexibility index (Phi) is 5.50. The molecule has 1 unspecified atom stereocenters. The Morgan fingerprint density at radius 2 is 2.10 bits per heavy atom. The van der Waals surface area contributed by atoms with E-state index in [1.54, 1.807) is 24.3 Å². The summed E-state index contributed by atoms with van der Waals surface area (Å²) in [5.41, 5.74) is 0.492. The van der Waals surface area contributed by atoms with E-state index in [1.165, 1.54) is 16.7 Å². The summed E-state index contributed by atoms with van der Waals surface area (Å²) in [7, 11) is 0. The highest BCUT2D eigenvalue weighted by molar-refractivity contribution is 7.99. The topological polar surface area (TPSA) is 66.8 Å². The summed E-state index contributed by atoms with van der Waals surface area (Å²) < 4.78 is 5.54. The predicted octanol–water partition coefficient (Wildman–Crippen LogP) is 2.47. The molecule has 1 aromatic carbocycles. The number of carbonyl (C=O) groups is 2. The second kappa shape index (κ2) is 7.36. The lowest BCUT2D eigenvalue weighted by molar-refractivity contribution is -0.140. The smallest absolute Gasteiger partial charge is 0.327 e. The number of rotatable bonds is 6. The molecule has 1 aliphatic heterocycles. The largest absolute Gasteiger partial charge is 0.494 e. The number of aliphatic carboxylic acids is 1. The van der Waals surface area contributed by atoms with E-state index in [-0.39, 0.29) is 5.91 Å². The van der Waals surface area contributed by atoms with Crippen molar-refractivity contribution in [3.05, 3.63) is 29.8 Å². The Labute approximate surface area is 128 Å². The number of carboxylic acids is 1. The lowest BCUT2D eigenvalue weighted by Crippen LogP contribution is -2.41. The summed E-state index contributed by atoms with van der Waals surface area (Å²) in [5.74, 6) is 0.398. The van der Waals surface area contributed by atoms with Crippen LogP contribution in [0.15, 0.2) is 24.3 Å². The van der Waals surface area contributed by atoms with Crippen molar-refractivity contribution in [3.63, 3.8) is 0 Å². The van der Waals surface area contributed by atoms with Gasteiger partial charge in [-0.2, -0.15) is 0 Å². The number of hydrogen-bond donors (Lipinski definition) is 1. The lowest BCUT2D eigenvalue weighted by atomic mass is 10.1. The molecule has 2 rings (SSSR count). The van der Waals surface area contributed by atoms with E-state index in [9.17, 15) is 9.59 Å². The van der Waals surface area contributed by atoms with Crippen molar-refractivity contribution in [2.45, 2.75) is 25.8 Å². The Balaban J connectivity index is 2.01. The van der Waals surface area contributed by atoms with E-state index in [0.717, 1.165) is 18.6 Å². The number of unbranched alkanes of at least 4 members (excludes halogenated alkanes) is 1. The van der Waals surface area contributed by atoms with Crippen molar-refractivity contribution in [2.75, 3.05) is 18.2 Å². The first-order valence-electron chi connectivity index (χ1n) is 6.98. The molecule has 6 heteroatoms. The molecular weight excluding hydrogens is 290 g/mol. The maximum absolute atomic E-state index is 12.3. The van der Waals surface area contributed by atoms with E-state index in [2.05, 4.69) is 6.92 Å². The molecule has 0 bridgehead atoms. The standard InChI is InChI=1S/C15H19NO4S/c1-2-3-8-20-12-6-4-11(5-7-12)14(17)16-10-21-9-13(16)15(18)19/h4-7,13H,2-3,8-10H2,1H3,(H,18,19). The van der Waals surface area contributed by atoms with E-state index < -0.39 is 12.0 Å². The van der Waals surface area contributed by atoms with Crippen molar-refractivity contribution in [1.82, 2.24) is 4.90 Å². The molecule has 114 valence electrons. The van der Waals surface area contributed by atoms with Crippen LogP contribution in [0.2, 0.25) is 0 Å². The minimum Gasteiger partial charge on any atom is -0.494 e. The first kappa shape index (κ1) is 15.7. The van der Waals surface area contributed by atoms with Gasteiger partial charge in [0.2, 0.25) is 0 Å². The van der Waals surface area contributed by atoms with Crippen LogP contribution in [0.4, 0.5) is 0 Å². The molecule has 1 saturated heterocycles. The van der Waals surface area contributed by atoms with Crippen molar-refractivity contribution in [2.24, 2.45) is 0 Å². The quantitative estimate of drug-likeness (QED) is 0.818. The third-order valence-electron chi connectivity index (χ3n) is 3.30. The summed E-state index contributed by atoms with van der Waals surface area (Å²) in [6, 6.07) is 6.14. The molecule has 5 nitrogen and oxygen atoms in total. The van der Waals surface area contributed by atoms with Gasteiger partial charge in [0.15, 0.2) is 0 Å².